The van der Waals surface area contributed by atoms with E-state index in [9.17, 15) is 19.6 Å². The topological polar surface area (TPSA) is 156 Å². The van der Waals surface area contributed by atoms with E-state index in [1.807, 2.05) is 0 Å². The van der Waals surface area contributed by atoms with E-state index >= 15 is 0 Å². The fourth-order valence-electron chi connectivity index (χ4n) is 4.00. The quantitative estimate of drug-likeness (QED) is 0.337. The number of aromatic nitrogens is 1. The number of aliphatic carboxylic acids is 1. The number of hydrogen-bond acceptors (Lipinski definition) is 11. The molecule has 1 aliphatic heterocycles. The molecule has 2 aromatic carbocycles. The summed E-state index contributed by atoms with van der Waals surface area (Å²) in [5.74, 6) is -3.77. The Morgan fingerprint density at radius 3 is 2.49 bits per heavy atom. The standard InChI is InChI=1S/C25H20N4O6S2/c1-34-23(32)20-19(13-6-4-3-5-7-13)15(11-26)22(27)29(21(20)24(33)35-2)14-8-9-16-17(10-14)37-25(28-16)36-12-18(30)31/h3-10,19H,12,27H2,1-2H3,(H,30,31). The molecule has 1 unspecified atom stereocenters. The van der Waals surface area contributed by atoms with Gasteiger partial charge < -0.3 is 20.3 Å². The van der Waals surface area contributed by atoms with Crippen LogP contribution in [0.25, 0.3) is 10.2 Å². The maximum atomic E-state index is 13.2. The maximum Gasteiger partial charge on any atom is 0.355 e. The number of benzene rings is 2. The smallest absolute Gasteiger partial charge is 0.355 e. The largest absolute Gasteiger partial charge is 0.481 e. The number of esters is 2. The fraction of sp³-hybridized carbons (Fsp3) is 0.160. The first-order valence-corrected chi connectivity index (χ1v) is 12.5. The summed E-state index contributed by atoms with van der Waals surface area (Å²) in [6, 6.07) is 15.8. The lowest BCUT2D eigenvalue weighted by Gasteiger charge is -2.35. The second-order valence-electron chi connectivity index (χ2n) is 7.65. The minimum absolute atomic E-state index is 0.0475. The van der Waals surface area contributed by atoms with Crippen LogP contribution >= 0.6 is 23.1 Å². The Morgan fingerprint density at radius 1 is 1.16 bits per heavy atom. The lowest BCUT2D eigenvalue weighted by Crippen LogP contribution is -2.40. The summed E-state index contributed by atoms with van der Waals surface area (Å²) in [6.45, 7) is 0. The van der Waals surface area contributed by atoms with Gasteiger partial charge in [-0.1, -0.05) is 42.1 Å². The monoisotopic (exact) mass is 536 g/mol. The number of carboxylic acids is 1. The molecule has 37 heavy (non-hydrogen) atoms. The van der Waals surface area contributed by atoms with Gasteiger partial charge in [0.15, 0.2) is 4.34 Å². The minimum atomic E-state index is -0.963. The van der Waals surface area contributed by atoms with E-state index in [1.165, 1.54) is 30.5 Å². The normalized spacial score (nSPS) is 15.5. The summed E-state index contributed by atoms with van der Waals surface area (Å²) in [5.41, 5.74) is 7.87. The van der Waals surface area contributed by atoms with Gasteiger partial charge in [-0.15, -0.1) is 11.3 Å². The average molecular weight is 537 g/mol. The van der Waals surface area contributed by atoms with Gasteiger partial charge in [-0.05, 0) is 23.8 Å². The number of carbonyl (C=O) groups is 3. The molecule has 4 rings (SSSR count). The maximum absolute atomic E-state index is 13.2. The van der Waals surface area contributed by atoms with Crippen LogP contribution in [0.3, 0.4) is 0 Å². The van der Waals surface area contributed by atoms with Gasteiger partial charge in [0.2, 0.25) is 0 Å². The summed E-state index contributed by atoms with van der Waals surface area (Å²) in [7, 11) is 2.36. The van der Waals surface area contributed by atoms with Crippen LogP contribution in [0.4, 0.5) is 5.69 Å². The summed E-state index contributed by atoms with van der Waals surface area (Å²) in [5, 5.41) is 19.1. The third kappa shape index (κ3) is 4.87. The van der Waals surface area contributed by atoms with Gasteiger partial charge in [0.1, 0.15) is 11.5 Å². The van der Waals surface area contributed by atoms with Crippen molar-refractivity contribution in [2.45, 2.75) is 10.3 Å². The van der Waals surface area contributed by atoms with E-state index in [-0.39, 0.29) is 28.4 Å². The molecule has 0 fully saturated rings. The van der Waals surface area contributed by atoms with Crippen molar-refractivity contribution in [2.75, 3.05) is 24.9 Å². The molecule has 1 atom stereocenters. The zero-order chi connectivity index (χ0) is 26.7. The number of carboxylic acid groups (broad SMARTS) is 1. The highest BCUT2D eigenvalue weighted by Crippen LogP contribution is 2.44. The third-order valence-electron chi connectivity index (χ3n) is 5.54. The highest BCUT2D eigenvalue weighted by atomic mass is 32.2. The molecule has 0 saturated carbocycles. The molecule has 0 amide bonds. The molecule has 3 aromatic rings. The van der Waals surface area contributed by atoms with Gasteiger partial charge in [0, 0.05) is 5.69 Å². The average Bonchev–Trinajstić information content (AvgIpc) is 3.33. The van der Waals surface area contributed by atoms with Crippen LogP contribution in [0.15, 0.2) is 75.5 Å². The molecule has 1 aromatic heterocycles. The molecule has 0 spiro atoms. The molecular formula is C25H20N4O6S2. The highest BCUT2D eigenvalue weighted by Gasteiger charge is 2.43. The Morgan fingerprint density at radius 2 is 1.86 bits per heavy atom. The van der Waals surface area contributed by atoms with E-state index in [0.717, 1.165) is 11.8 Å². The van der Waals surface area contributed by atoms with Crippen LogP contribution < -0.4 is 10.6 Å². The third-order valence-corrected chi connectivity index (χ3v) is 7.69. The number of ether oxygens (including phenoxy) is 2. The SMILES string of the molecule is COC(=O)C1=C(C(=O)OC)N(c2ccc3nc(SCC(=O)O)sc3c2)C(N)=C(C#N)C1c1ccccc1. The number of anilines is 1. The van der Waals surface area contributed by atoms with Gasteiger partial charge in [0.05, 0.1) is 53.3 Å². The number of methoxy groups -OCH3 is 2. The fourth-order valence-corrected chi connectivity index (χ4v) is 5.82. The summed E-state index contributed by atoms with van der Waals surface area (Å²) in [6.07, 6.45) is 0. The number of nitrogens with zero attached hydrogens (tertiary/aromatic N) is 3. The van der Waals surface area contributed by atoms with Crippen molar-refractivity contribution in [1.82, 2.24) is 4.98 Å². The number of rotatable bonds is 7. The van der Waals surface area contributed by atoms with Gasteiger partial charge in [-0.3, -0.25) is 9.69 Å². The van der Waals surface area contributed by atoms with Crippen LogP contribution in [-0.4, -0.2) is 48.0 Å². The van der Waals surface area contributed by atoms with Crippen LogP contribution in [0, 0.1) is 11.3 Å². The van der Waals surface area contributed by atoms with Gasteiger partial charge >= 0.3 is 17.9 Å². The van der Waals surface area contributed by atoms with E-state index in [0.29, 0.717) is 25.8 Å². The molecule has 0 radical (unpaired) electrons. The Bertz CT molecular complexity index is 1510. The predicted molar refractivity (Wildman–Crippen MR) is 138 cm³/mol. The van der Waals surface area contributed by atoms with Crippen molar-refractivity contribution in [2.24, 2.45) is 5.73 Å². The lowest BCUT2D eigenvalue weighted by atomic mass is 9.81. The molecule has 188 valence electrons. The van der Waals surface area contributed by atoms with Crippen molar-refractivity contribution < 1.29 is 29.0 Å². The van der Waals surface area contributed by atoms with E-state index in [1.54, 1.807) is 48.5 Å². The summed E-state index contributed by atoms with van der Waals surface area (Å²) >= 11 is 2.35. The number of fused-ring (bicyclic) bond motifs is 1. The van der Waals surface area contributed by atoms with Crippen molar-refractivity contribution in [3.8, 4) is 6.07 Å². The summed E-state index contributed by atoms with van der Waals surface area (Å²) in [4.78, 5) is 42.9. The minimum Gasteiger partial charge on any atom is -0.481 e. The number of carbonyl (C=O) groups excluding carboxylic acids is 2. The van der Waals surface area contributed by atoms with Gasteiger partial charge in [-0.2, -0.15) is 5.26 Å². The van der Waals surface area contributed by atoms with Crippen LogP contribution in [-0.2, 0) is 23.9 Å². The van der Waals surface area contributed by atoms with Crippen molar-refractivity contribution in [1.29, 1.82) is 5.26 Å². The number of allylic oxidation sites excluding steroid dienone is 1. The zero-order valence-electron chi connectivity index (χ0n) is 19.6. The second-order valence-corrected chi connectivity index (χ2v) is 9.90. The molecule has 2 heterocycles. The number of nitrogens with two attached hydrogens (primary N) is 1. The number of thiazole rings is 1. The molecule has 10 nitrogen and oxygen atoms in total. The first-order valence-electron chi connectivity index (χ1n) is 10.7. The zero-order valence-corrected chi connectivity index (χ0v) is 21.3. The Labute approximate surface area is 219 Å². The molecule has 0 aliphatic carbocycles. The van der Waals surface area contributed by atoms with Crippen molar-refractivity contribution in [3.05, 3.63) is 76.8 Å². The second kappa shape index (κ2) is 10.7. The lowest BCUT2D eigenvalue weighted by molar-refractivity contribution is -0.139. The Hall–Kier alpha value is -4.34. The summed E-state index contributed by atoms with van der Waals surface area (Å²) < 4.78 is 11.3. The van der Waals surface area contributed by atoms with Crippen LogP contribution in [0.1, 0.15) is 11.5 Å². The first kappa shape index (κ1) is 25.7. The molecule has 0 bridgehead atoms. The van der Waals surface area contributed by atoms with Gasteiger partial charge in [0.25, 0.3) is 0 Å². The van der Waals surface area contributed by atoms with Crippen LogP contribution in [0.5, 0.6) is 0 Å². The van der Waals surface area contributed by atoms with Gasteiger partial charge in [-0.25, -0.2) is 14.6 Å². The number of thioether (sulfide) groups is 1. The molecule has 1 aliphatic rings. The molecule has 3 N–H and O–H groups in total. The highest BCUT2D eigenvalue weighted by molar-refractivity contribution is 8.01. The molecule has 0 saturated heterocycles. The Kier molecular flexibility index (Phi) is 7.47. The van der Waals surface area contributed by atoms with E-state index in [4.69, 9.17) is 20.3 Å². The van der Waals surface area contributed by atoms with Crippen molar-refractivity contribution in [3.63, 3.8) is 0 Å². The number of hydrogen-bond donors (Lipinski definition) is 2. The molecular weight excluding hydrogens is 516 g/mol. The Balaban J connectivity index is 1.95. The van der Waals surface area contributed by atoms with E-state index in [2.05, 4.69) is 11.1 Å². The molecule has 12 heteroatoms. The predicted octanol–water partition coefficient (Wildman–Crippen LogP) is 3.37. The van der Waals surface area contributed by atoms with Crippen molar-refractivity contribution >= 4 is 56.9 Å². The van der Waals surface area contributed by atoms with Crippen LogP contribution in [0.2, 0.25) is 0 Å². The van der Waals surface area contributed by atoms with E-state index < -0.39 is 23.8 Å². The number of nitriles is 1. The first-order chi connectivity index (χ1) is 17.8.